The Morgan fingerprint density at radius 1 is 1.13 bits per heavy atom. The van der Waals surface area contributed by atoms with Crippen LogP contribution in [0.1, 0.15) is 65.7 Å². The number of benzene rings is 1. The summed E-state index contributed by atoms with van der Waals surface area (Å²) in [6.07, 6.45) is 0.0286. The van der Waals surface area contributed by atoms with Crippen LogP contribution in [-0.4, -0.2) is 54.0 Å². The van der Waals surface area contributed by atoms with Gasteiger partial charge in [0.1, 0.15) is 12.2 Å². The molecule has 10 nitrogen and oxygen atoms in total. The number of nitrogens with zero attached hydrogens (tertiary/aromatic N) is 6. The highest BCUT2D eigenvalue weighted by Gasteiger charge is 2.44. The van der Waals surface area contributed by atoms with Crippen LogP contribution in [0.25, 0.3) is 11.4 Å². The van der Waals surface area contributed by atoms with Crippen LogP contribution in [-0.2, 0) is 29.4 Å². The van der Waals surface area contributed by atoms with Gasteiger partial charge in [0.15, 0.2) is 5.82 Å². The Labute approximate surface area is 260 Å². The SMILES string of the molecule is C=C(C)c1nc2n(CC(=O)Nc3ccc(C(F)(F)F)cc3Cl)c3c(c(=O)n2n1)C1(CCC3)CCN(C(=O)c2ccccn2)CC1. The molecule has 0 atom stereocenters. The fourth-order valence-corrected chi connectivity index (χ4v) is 6.60. The maximum Gasteiger partial charge on any atom is 0.416 e. The van der Waals surface area contributed by atoms with Crippen molar-refractivity contribution in [2.45, 2.75) is 57.2 Å². The van der Waals surface area contributed by atoms with E-state index >= 15 is 0 Å². The number of pyridine rings is 1. The van der Waals surface area contributed by atoms with Gasteiger partial charge in [0.2, 0.25) is 11.7 Å². The van der Waals surface area contributed by atoms with Crippen molar-refractivity contribution in [3.05, 3.63) is 92.9 Å². The Morgan fingerprint density at radius 2 is 1.89 bits per heavy atom. The molecule has 0 saturated carbocycles. The molecule has 2 amide bonds. The first-order valence-corrected chi connectivity index (χ1v) is 14.8. The van der Waals surface area contributed by atoms with Gasteiger partial charge in [0.05, 0.1) is 16.3 Å². The summed E-state index contributed by atoms with van der Waals surface area (Å²) in [6.45, 7) is 6.16. The highest BCUT2D eigenvalue weighted by Crippen LogP contribution is 2.44. The summed E-state index contributed by atoms with van der Waals surface area (Å²) in [7, 11) is 0. The number of rotatable bonds is 5. The second kappa shape index (κ2) is 11.4. The molecule has 234 valence electrons. The lowest BCUT2D eigenvalue weighted by molar-refractivity contribution is -0.137. The van der Waals surface area contributed by atoms with Gasteiger partial charge in [-0.25, -0.2) is 0 Å². The Bertz CT molecular complexity index is 1890. The van der Waals surface area contributed by atoms with E-state index in [1.807, 2.05) is 0 Å². The lowest BCUT2D eigenvalue weighted by Gasteiger charge is -2.45. The molecule has 1 saturated heterocycles. The van der Waals surface area contributed by atoms with E-state index in [1.54, 1.807) is 40.8 Å². The fraction of sp³-hybridized carbons (Fsp3) is 0.355. The van der Waals surface area contributed by atoms with E-state index in [1.165, 1.54) is 4.52 Å². The van der Waals surface area contributed by atoms with Crippen LogP contribution in [0.3, 0.4) is 0 Å². The Balaban J connectivity index is 1.36. The van der Waals surface area contributed by atoms with Crippen LogP contribution in [0.15, 0.2) is 54.0 Å². The third-order valence-electron chi connectivity index (χ3n) is 8.60. The average Bonchev–Trinajstić information content (AvgIpc) is 3.47. The number of carbonyl (C=O) groups is 2. The molecule has 1 spiro atoms. The number of nitrogens with one attached hydrogen (secondary N) is 1. The number of fused-ring (bicyclic) bond motifs is 3. The molecule has 0 bridgehead atoms. The van der Waals surface area contributed by atoms with Gasteiger partial charge in [-0.15, -0.1) is 5.10 Å². The van der Waals surface area contributed by atoms with Crippen LogP contribution in [0, 0.1) is 0 Å². The molecule has 1 N–H and O–H groups in total. The second-order valence-electron chi connectivity index (χ2n) is 11.5. The topological polar surface area (TPSA) is 114 Å². The summed E-state index contributed by atoms with van der Waals surface area (Å²) < 4.78 is 42.2. The molecule has 2 aliphatic rings. The molecule has 6 rings (SSSR count). The Kier molecular flexibility index (Phi) is 7.76. The summed E-state index contributed by atoms with van der Waals surface area (Å²) >= 11 is 6.09. The maximum atomic E-state index is 14.1. The number of carbonyl (C=O) groups excluding carboxylic acids is 2. The second-order valence-corrected chi connectivity index (χ2v) is 11.9. The van der Waals surface area contributed by atoms with E-state index in [-0.39, 0.29) is 40.3 Å². The zero-order valence-electron chi connectivity index (χ0n) is 24.3. The summed E-state index contributed by atoms with van der Waals surface area (Å²) in [4.78, 5) is 51.0. The first kappa shape index (κ1) is 30.5. The minimum Gasteiger partial charge on any atom is -0.337 e. The molecule has 14 heteroatoms. The molecule has 4 heterocycles. The molecule has 4 aromatic rings. The van der Waals surface area contributed by atoms with Crippen LogP contribution >= 0.6 is 11.6 Å². The van der Waals surface area contributed by atoms with Gasteiger partial charge in [-0.2, -0.15) is 22.7 Å². The predicted octanol–water partition coefficient (Wildman–Crippen LogP) is 5.14. The van der Waals surface area contributed by atoms with Crippen LogP contribution in [0.2, 0.25) is 5.02 Å². The standard InChI is InChI=1S/C31H29ClF3N7O3/c1-18(2)26-38-29-41(17-24(43)37-21-9-8-19(16-20(21)32)31(33,34)35)23-7-5-10-30(25(23)28(45)42(29)39-26)11-14-40(15-12-30)27(44)22-6-3-4-13-36-22/h3-4,6,8-9,13,16H,1,5,7,10-12,14-15,17H2,2H3,(H,37,43). The Hall–Kier alpha value is -4.52. The third kappa shape index (κ3) is 5.60. The number of halogens is 4. The number of hydrogen-bond donors (Lipinski definition) is 1. The highest BCUT2D eigenvalue weighted by molar-refractivity contribution is 6.33. The predicted molar refractivity (Wildman–Crippen MR) is 161 cm³/mol. The van der Waals surface area contributed by atoms with Crippen molar-refractivity contribution in [1.82, 2.24) is 29.0 Å². The van der Waals surface area contributed by atoms with E-state index < -0.39 is 23.1 Å². The number of alkyl halides is 3. The third-order valence-corrected chi connectivity index (χ3v) is 8.91. The number of hydrogen-bond acceptors (Lipinski definition) is 6. The van der Waals surface area contributed by atoms with Crippen molar-refractivity contribution in [2.75, 3.05) is 18.4 Å². The molecule has 0 radical (unpaired) electrons. The van der Waals surface area contributed by atoms with Crippen LogP contribution in [0.4, 0.5) is 18.9 Å². The van der Waals surface area contributed by atoms with Gasteiger partial charge in [0, 0.05) is 36.0 Å². The largest absolute Gasteiger partial charge is 0.416 e. The van der Waals surface area contributed by atoms with Gasteiger partial charge in [-0.05, 0) is 74.9 Å². The lowest BCUT2D eigenvalue weighted by Crippen LogP contribution is -2.50. The molecule has 45 heavy (non-hydrogen) atoms. The van der Waals surface area contributed by atoms with Crippen molar-refractivity contribution >= 4 is 40.5 Å². The van der Waals surface area contributed by atoms with E-state index in [0.29, 0.717) is 54.9 Å². The van der Waals surface area contributed by atoms with Crippen LogP contribution in [0.5, 0.6) is 0 Å². The fourth-order valence-electron chi connectivity index (χ4n) is 6.37. The molecule has 1 fully saturated rings. The smallest absolute Gasteiger partial charge is 0.337 e. The number of aromatic nitrogens is 5. The van der Waals surface area contributed by atoms with E-state index in [0.717, 1.165) is 31.0 Å². The van der Waals surface area contributed by atoms with Gasteiger partial charge < -0.3 is 14.8 Å². The number of amides is 2. The summed E-state index contributed by atoms with van der Waals surface area (Å²) in [6, 6.07) is 7.87. The highest BCUT2D eigenvalue weighted by atomic mass is 35.5. The molecule has 1 aliphatic heterocycles. The van der Waals surface area contributed by atoms with Gasteiger partial charge in [0.25, 0.3) is 11.5 Å². The van der Waals surface area contributed by atoms with Crippen molar-refractivity contribution in [3.63, 3.8) is 0 Å². The number of allylic oxidation sites excluding steroid dienone is 1. The molecule has 1 aliphatic carbocycles. The van der Waals surface area contributed by atoms with E-state index in [4.69, 9.17) is 11.6 Å². The van der Waals surface area contributed by atoms with E-state index in [9.17, 15) is 27.6 Å². The van der Waals surface area contributed by atoms with Crippen LogP contribution < -0.4 is 10.9 Å². The monoisotopic (exact) mass is 639 g/mol. The summed E-state index contributed by atoms with van der Waals surface area (Å²) in [5.74, 6) is -0.334. The van der Waals surface area contributed by atoms with Gasteiger partial charge in [-0.3, -0.25) is 19.4 Å². The molecular weight excluding hydrogens is 611 g/mol. The first-order chi connectivity index (χ1) is 21.4. The average molecular weight is 640 g/mol. The van der Waals surface area contributed by atoms with Crippen molar-refractivity contribution in [1.29, 1.82) is 0 Å². The molecule has 3 aromatic heterocycles. The van der Waals surface area contributed by atoms with Crippen molar-refractivity contribution in [3.8, 4) is 0 Å². The normalized spacial score (nSPS) is 16.1. The zero-order valence-corrected chi connectivity index (χ0v) is 25.1. The number of piperidine rings is 1. The number of likely N-dealkylation sites (tertiary alicyclic amines) is 1. The first-order valence-electron chi connectivity index (χ1n) is 14.4. The minimum absolute atomic E-state index is 0.0195. The maximum absolute atomic E-state index is 14.1. The lowest BCUT2D eigenvalue weighted by atomic mass is 9.66. The number of anilines is 1. The minimum atomic E-state index is -4.58. The van der Waals surface area contributed by atoms with Gasteiger partial charge in [-0.1, -0.05) is 24.2 Å². The molecule has 0 unspecified atom stereocenters. The van der Waals surface area contributed by atoms with Gasteiger partial charge >= 0.3 is 6.18 Å². The van der Waals surface area contributed by atoms with E-state index in [2.05, 4.69) is 27.0 Å². The van der Waals surface area contributed by atoms with Crippen molar-refractivity contribution < 1.29 is 22.8 Å². The quantitative estimate of drug-likeness (QED) is 0.324. The summed E-state index contributed by atoms with van der Waals surface area (Å²) in [5, 5.41) is 6.75. The Morgan fingerprint density at radius 3 is 2.53 bits per heavy atom. The summed E-state index contributed by atoms with van der Waals surface area (Å²) in [5.41, 5.74) is 0.287. The molecular formula is C31H29ClF3N7O3. The molecule has 1 aromatic carbocycles. The van der Waals surface area contributed by atoms with Crippen molar-refractivity contribution in [2.24, 2.45) is 0 Å². The zero-order chi connectivity index (χ0) is 32.1.